The number of nitrogens with zero attached hydrogens (tertiary/aromatic N) is 4. The van der Waals surface area contributed by atoms with E-state index in [2.05, 4.69) is 20.5 Å². The Morgan fingerprint density at radius 3 is 2.22 bits per heavy atom. The number of piperazine rings is 1. The predicted molar refractivity (Wildman–Crippen MR) is 255 cm³/mol. The van der Waals surface area contributed by atoms with E-state index in [0.29, 0.717) is 38.5 Å². The van der Waals surface area contributed by atoms with Crippen molar-refractivity contribution in [3.8, 4) is 34.3 Å². The third-order valence-electron chi connectivity index (χ3n) is 13.8. The highest BCUT2D eigenvalue weighted by atomic mass is 16.7. The number of carbonyl (C=O) groups excluding carboxylic acids is 2. The Morgan fingerprint density at radius 1 is 0.882 bits per heavy atom. The lowest BCUT2D eigenvalue weighted by atomic mass is 9.78. The second-order valence-corrected chi connectivity index (χ2v) is 18.6. The number of aliphatic hydroxyl groups is 3. The fourth-order valence-corrected chi connectivity index (χ4v) is 9.10. The van der Waals surface area contributed by atoms with Gasteiger partial charge in [0.1, 0.15) is 22.9 Å². The predicted octanol–water partition coefficient (Wildman–Crippen LogP) is 6.30. The maximum atomic E-state index is 14.5. The van der Waals surface area contributed by atoms with Crippen LogP contribution in [0.4, 0.5) is 5.69 Å². The van der Waals surface area contributed by atoms with Gasteiger partial charge in [-0.2, -0.15) is 5.10 Å². The minimum atomic E-state index is -2.05. The van der Waals surface area contributed by atoms with E-state index in [-0.39, 0.29) is 44.5 Å². The zero-order valence-electron chi connectivity index (χ0n) is 39.9. The molecule has 8 rings (SSSR count). The smallest absolute Gasteiger partial charge is 0.312 e. The topological polar surface area (TPSA) is 240 Å². The molecule has 68 heavy (non-hydrogen) atoms. The summed E-state index contributed by atoms with van der Waals surface area (Å²) in [7, 11) is 1.44. The van der Waals surface area contributed by atoms with Crippen LogP contribution >= 0.6 is 0 Å². The fourth-order valence-electron chi connectivity index (χ4n) is 9.10. The summed E-state index contributed by atoms with van der Waals surface area (Å²) in [5.41, 5.74) is 2.44. The number of ketones is 1. The number of aromatic hydroxyl groups is 3. The van der Waals surface area contributed by atoms with Gasteiger partial charge >= 0.3 is 5.79 Å². The van der Waals surface area contributed by atoms with Crippen LogP contribution in [0.2, 0.25) is 0 Å². The van der Waals surface area contributed by atoms with E-state index in [1.807, 2.05) is 37.3 Å². The molecule has 0 spiro atoms. The summed E-state index contributed by atoms with van der Waals surface area (Å²) in [5, 5.41) is 82.9. The molecule has 4 aliphatic heterocycles. The number of fused-ring (bicyclic) bond motifs is 14. The summed E-state index contributed by atoms with van der Waals surface area (Å²) in [6, 6.07) is 9.96. The van der Waals surface area contributed by atoms with E-state index >= 15 is 0 Å². The average molecular weight is 938 g/mol. The van der Waals surface area contributed by atoms with Crippen LogP contribution < -0.4 is 10.1 Å². The molecule has 1 aromatic heterocycles. The average Bonchev–Trinajstić information content (AvgIpc) is 3.90. The van der Waals surface area contributed by atoms with Gasteiger partial charge in [0.15, 0.2) is 11.5 Å². The van der Waals surface area contributed by atoms with Crippen LogP contribution in [-0.2, 0) is 20.8 Å². The zero-order chi connectivity index (χ0) is 49.4. The number of allylic oxidation sites excluding steroid dienone is 2. The monoisotopic (exact) mass is 937 g/mol. The van der Waals surface area contributed by atoms with E-state index in [4.69, 9.17) is 18.7 Å². The first-order valence-corrected chi connectivity index (χ1v) is 22.9. The molecule has 0 radical (unpaired) electrons. The van der Waals surface area contributed by atoms with Crippen molar-refractivity contribution in [2.24, 2.45) is 28.8 Å². The Morgan fingerprint density at radius 2 is 1.54 bits per heavy atom. The zero-order valence-corrected chi connectivity index (χ0v) is 39.9. The number of methoxy groups -OCH3 is 1. The summed E-state index contributed by atoms with van der Waals surface area (Å²) in [6.45, 7) is 15.9. The molecule has 9 atom stereocenters. The molecule has 4 aromatic rings. The lowest BCUT2D eigenvalue weighted by molar-refractivity contribution is -0.112. The highest BCUT2D eigenvalue weighted by Crippen LogP contribution is 2.55. The van der Waals surface area contributed by atoms with E-state index in [1.54, 1.807) is 44.9 Å². The molecule has 1 saturated heterocycles. The molecule has 5 heterocycles. The number of ether oxygens (including phenoxy) is 3. The summed E-state index contributed by atoms with van der Waals surface area (Å²) < 4.78 is 23.5. The lowest BCUT2D eigenvalue weighted by Crippen LogP contribution is -2.44. The minimum absolute atomic E-state index is 0.0523. The van der Waals surface area contributed by atoms with Gasteiger partial charge in [0.2, 0.25) is 0 Å². The molecule has 1 fully saturated rings. The maximum absolute atomic E-state index is 14.5. The van der Waals surface area contributed by atoms with Gasteiger partial charge in [0.25, 0.3) is 11.7 Å². The molecule has 0 unspecified atom stereocenters. The summed E-state index contributed by atoms with van der Waals surface area (Å²) in [4.78, 5) is 30.6. The molecule has 17 heteroatoms. The fraction of sp³-hybridized carbons (Fsp3) is 0.451. The Bertz CT molecular complexity index is 2650. The SMILES string of the molecule is CO[C@H]1/C=C/O[C@@]2(C)Oc3c(C)c(O)c4c(O)c(c(/C=N/N5CCN(Cc6cc(-c7ccc(C)cc7)no6)CC5)c(O)c4c3C2=O)NC(=O)/C(C)=C\C=C\[C@H](C)[C@H](O)[C@@H](C)[C@@H](O)[C@@H](C)[C@H](O)[C@@H]1C. The number of hydrogen-bond acceptors (Lipinski definition) is 16. The molecule has 4 aliphatic rings. The normalized spacial score (nSPS) is 29.5. The Balaban J connectivity index is 1.25. The van der Waals surface area contributed by atoms with Crippen molar-refractivity contribution in [3.05, 3.63) is 94.5 Å². The van der Waals surface area contributed by atoms with Crippen molar-refractivity contribution >= 4 is 34.4 Å². The number of hydrogen-bond donors (Lipinski definition) is 7. The van der Waals surface area contributed by atoms with Crippen molar-refractivity contribution in [1.82, 2.24) is 15.1 Å². The Kier molecular flexibility index (Phi) is 14.7. The number of rotatable bonds is 6. The number of phenolic OH excluding ortho intramolecular Hbond substituents is 3. The van der Waals surface area contributed by atoms with Gasteiger partial charge in [0, 0.05) is 92.0 Å². The van der Waals surface area contributed by atoms with Gasteiger partial charge in [-0.15, -0.1) is 0 Å². The van der Waals surface area contributed by atoms with Gasteiger partial charge in [-0.25, -0.2) is 0 Å². The van der Waals surface area contributed by atoms with Crippen molar-refractivity contribution < 1.29 is 59.0 Å². The van der Waals surface area contributed by atoms with E-state index < -0.39 is 82.8 Å². The number of Topliss-reactive ketones (excluding diaryl/α,β-unsaturated/α-hetero) is 1. The van der Waals surface area contributed by atoms with Gasteiger partial charge in [0.05, 0.1) is 65.6 Å². The molecule has 17 nitrogen and oxygen atoms in total. The maximum Gasteiger partial charge on any atom is 0.312 e. The number of nitrogens with one attached hydrogen (secondary N) is 1. The van der Waals surface area contributed by atoms with E-state index in [0.717, 1.165) is 16.8 Å². The Hall–Kier alpha value is -6.24. The summed E-state index contributed by atoms with van der Waals surface area (Å²) in [5.74, 6) is -7.11. The summed E-state index contributed by atoms with van der Waals surface area (Å²) >= 11 is 0. The largest absolute Gasteiger partial charge is 0.507 e. The number of aryl methyl sites for hydroxylation is 1. The molecule has 364 valence electrons. The highest BCUT2D eigenvalue weighted by molar-refractivity contribution is 6.23. The van der Waals surface area contributed by atoms with Crippen molar-refractivity contribution in [2.75, 3.05) is 38.6 Å². The van der Waals surface area contributed by atoms with Crippen LogP contribution in [0.15, 0.2) is 76.1 Å². The van der Waals surface area contributed by atoms with Gasteiger partial charge in [-0.1, -0.05) is 80.9 Å². The number of hydrazone groups is 1. The number of carbonyl (C=O) groups is 2. The van der Waals surface area contributed by atoms with Gasteiger partial charge in [-0.05, 0) is 26.8 Å². The number of amides is 1. The van der Waals surface area contributed by atoms with Crippen LogP contribution in [0.1, 0.15) is 74.4 Å². The molecule has 1 amide bonds. The van der Waals surface area contributed by atoms with E-state index in [1.165, 1.54) is 52.5 Å². The first-order valence-electron chi connectivity index (χ1n) is 22.9. The quantitative estimate of drug-likeness (QED) is 0.0638. The third kappa shape index (κ3) is 9.71. The van der Waals surface area contributed by atoms with Crippen molar-refractivity contribution in [3.63, 3.8) is 0 Å². The molecule has 0 aliphatic carbocycles. The molecule has 5 bridgehead atoms. The number of phenols is 3. The molecular formula is C51H63N5O12. The number of benzene rings is 3. The number of aromatic nitrogens is 1. The molecule has 3 aromatic carbocycles. The van der Waals surface area contributed by atoms with Crippen molar-refractivity contribution in [1.29, 1.82) is 0 Å². The molecule has 0 saturated carbocycles. The first kappa shape index (κ1) is 49.7. The Labute approximate surface area is 395 Å². The number of aliphatic hydroxyl groups excluding tert-OH is 3. The van der Waals surface area contributed by atoms with Gasteiger partial charge < -0.3 is 54.7 Å². The summed E-state index contributed by atoms with van der Waals surface area (Å²) in [6.07, 6.45) is 4.70. The lowest BCUT2D eigenvalue weighted by Gasteiger charge is -2.36. The van der Waals surface area contributed by atoms with Crippen molar-refractivity contribution in [2.45, 2.75) is 92.1 Å². The van der Waals surface area contributed by atoms with Gasteiger partial charge in [-0.3, -0.25) is 19.5 Å². The van der Waals surface area contributed by atoms with Crippen LogP contribution in [-0.4, -0.2) is 127 Å². The standard InChI is InChI=1S/C51H63N5O12/c1-26-13-15-33(16-14-26)36-23-34(68-54-36)25-55-18-20-56(21-19-55)52-24-35-41-47(62)39-38(46(35)61)40-48(32(7)45(39)60)67-51(8,49(40)63)66-22-17-37(65-9)29(4)43(58)31(6)44(59)30(5)42(57)27(2)11-10-12-28(3)50(64)53-41/h10-17,22-24,27,29-31,37,42-44,57-62H,18-21,25H2,1-9H3,(H,53,64)/b11-10+,22-17+,28-12-,52-24+/t27-,29+,30+,31-,37-,42-,43+,44+,51-/m0/s1. The van der Waals surface area contributed by atoms with Crippen LogP contribution in [0.5, 0.6) is 23.0 Å². The van der Waals surface area contributed by atoms with E-state index in [9.17, 15) is 40.2 Å². The third-order valence-corrected chi connectivity index (χ3v) is 13.8. The highest BCUT2D eigenvalue weighted by Gasteiger charge is 2.50. The van der Waals surface area contributed by atoms with Crippen LogP contribution in [0.25, 0.3) is 22.0 Å². The second kappa shape index (κ2) is 20.2. The van der Waals surface area contributed by atoms with Crippen LogP contribution in [0, 0.1) is 37.5 Å². The minimum Gasteiger partial charge on any atom is -0.507 e. The molecular weight excluding hydrogens is 875 g/mol. The second-order valence-electron chi connectivity index (χ2n) is 18.6. The first-order chi connectivity index (χ1) is 32.3. The number of anilines is 1. The molecule has 7 N–H and O–H groups in total. The van der Waals surface area contributed by atoms with Crippen LogP contribution in [0.3, 0.4) is 0 Å².